The maximum atomic E-state index is 12.6. The number of amides is 1. The van der Waals surface area contributed by atoms with Gasteiger partial charge in [0.2, 0.25) is 0 Å². The summed E-state index contributed by atoms with van der Waals surface area (Å²) in [5.74, 6) is -0.0986. The first kappa shape index (κ1) is 19.5. The zero-order valence-corrected chi connectivity index (χ0v) is 16.8. The molecule has 0 saturated carbocycles. The number of carbonyl (C=O) groups is 2. The standard InChI is InChI=1S/C22H22N2O4S/c25-20(24-12-6-1-7-13-24)14-27-21(26)17-9-3-2-8-16(17)15-29-22-23-18-10-4-5-11-19(18)28-22/h2-5,8-11H,1,6-7,12-15H2. The van der Waals surface area contributed by atoms with E-state index in [2.05, 4.69) is 4.98 Å². The van der Waals surface area contributed by atoms with E-state index in [9.17, 15) is 9.59 Å². The van der Waals surface area contributed by atoms with Gasteiger partial charge in [-0.1, -0.05) is 42.1 Å². The van der Waals surface area contributed by atoms with Crippen molar-refractivity contribution in [2.45, 2.75) is 30.2 Å². The molecule has 1 aliphatic rings. The number of likely N-dealkylation sites (tertiary alicyclic amines) is 1. The van der Waals surface area contributed by atoms with Gasteiger partial charge in [-0.3, -0.25) is 4.79 Å². The fourth-order valence-corrected chi connectivity index (χ4v) is 4.18. The molecule has 7 heteroatoms. The summed E-state index contributed by atoms with van der Waals surface area (Å²) in [4.78, 5) is 31.0. The summed E-state index contributed by atoms with van der Waals surface area (Å²) < 4.78 is 11.0. The molecule has 0 aliphatic carbocycles. The number of fused-ring (bicyclic) bond motifs is 1. The first-order valence-corrected chi connectivity index (χ1v) is 10.7. The van der Waals surface area contributed by atoms with Crippen LogP contribution in [0.15, 0.2) is 58.2 Å². The molecule has 1 fully saturated rings. The lowest BCUT2D eigenvalue weighted by molar-refractivity contribution is -0.135. The van der Waals surface area contributed by atoms with Crippen molar-refractivity contribution >= 4 is 34.7 Å². The van der Waals surface area contributed by atoms with Gasteiger partial charge in [-0.15, -0.1) is 0 Å². The number of aromatic nitrogens is 1. The summed E-state index contributed by atoms with van der Waals surface area (Å²) >= 11 is 1.42. The summed E-state index contributed by atoms with van der Waals surface area (Å²) in [6, 6.07) is 14.8. The predicted molar refractivity (Wildman–Crippen MR) is 111 cm³/mol. The highest BCUT2D eigenvalue weighted by Gasteiger charge is 2.20. The Labute approximate surface area is 173 Å². The third-order valence-electron chi connectivity index (χ3n) is 4.90. The van der Waals surface area contributed by atoms with Crippen molar-refractivity contribution in [1.82, 2.24) is 9.88 Å². The van der Waals surface area contributed by atoms with Crippen LogP contribution in [0.25, 0.3) is 11.1 Å². The summed E-state index contributed by atoms with van der Waals surface area (Å²) in [5, 5.41) is 0.551. The molecule has 0 bridgehead atoms. The average molecular weight is 410 g/mol. The topological polar surface area (TPSA) is 72.6 Å². The largest absolute Gasteiger partial charge is 0.452 e. The Balaban J connectivity index is 1.38. The molecule has 1 aromatic heterocycles. The number of hydrogen-bond donors (Lipinski definition) is 0. The van der Waals surface area contributed by atoms with Crippen LogP contribution in [0.4, 0.5) is 0 Å². The molecule has 1 aliphatic heterocycles. The molecule has 0 spiro atoms. The SMILES string of the molecule is O=C(OCC(=O)N1CCCCC1)c1ccccc1CSc1nc2ccccc2o1. The molecular formula is C22H22N2O4S. The van der Waals surface area contributed by atoms with Gasteiger partial charge in [-0.25, -0.2) is 9.78 Å². The van der Waals surface area contributed by atoms with Crippen LogP contribution in [-0.2, 0) is 15.3 Å². The van der Waals surface area contributed by atoms with Crippen LogP contribution >= 0.6 is 11.8 Å². The number of para-hydroxylation sites is 2. The van der Waals surface area contributed by atoms with E-state index < -0.39 is 5.97 Å². The zero-order chi connectivity index (χ0) is 20.1. The van der Waals surface area contributed by atoms with Gasteiger partial charge in [0.15, 0.2) is 12.2 Å². The molecule has 1 amide bonds. The first-order valence-electron chi connectivity index (χ1n) is 9.72. The van der Waals surface area contributed by atoms with E-state index in [-0.39, 0.29) is 12.5 Å². The average Bonchev–Trinajstić information content (AvgIpc) is 3.19. The second-order valence-corrected chi connectivity index (χ2v) is 7.84. The van der Waals surface area contributed by atoms with Gasteiger partial charge in [-0.05, 0) is 43.0 Å². The highest BCUT2D eigenvalue weighted by atomic mass is 32.2. The first-order chi connectivity index (χ1) is 14.2. The van der Waals surface area contributed by atoms with Gasteiger partial charge >= 0.3 is 5.97 Å². The number of esters is 1. The van der Waals surface area contributed by atoms with Crippen molar-refractivity contribution in [1.29, 1.82) is 0 Å². The van der Waals surface area contributed by atoms with E-state index in [4.69, 9.17) is 9.15 Å². The van der Waals surface area contributed by atoms with Gasteiger partial charge in [0.25, 0.3) is 11.1 Å². The molecule has 3 aromatic rings. The molecule has 2 heterocycles. The molecule has 150 valence electrons. The van der Waals surface area contributed by atoms with Crippen LogP contribution in [0.1, 0.15) is 35.2 Å². The van der Waals surface area contributed by atoms with Gasteiger partial charge < -0.3 is 14.1 Å². The third kappa shape index (κ3) is 4.79. The Morgan fingerprint density at radius 3 is 2.62 bits per heavy atom. The summed E-state index contributed by atoms with van der Waals surface area (Å²) in [7, 11) is 0. The smallest absolute Gasteiger partial charge is 0.338 e. The van der Waals surface area contributed by atoms with Crippen LogP contribution in [0.5, 0.6) is 0 Å². The van der Waals surface area contributed by atoms with Crippen LogP contribution in [0.2, 0.25) is 0 Å². The van der Waals surface area contributed by atoms with Crippen molar-refractivity contribution in [3.05, 3.63) is 59.7 Å². The Hall–Kier alpha value is -2.80. The second-order valence-electron chi connectivity index (χ2n) is 6.91. The highest BCUT2D eigenvalue weighted by Crippen LogP contribution is 2.27. The van der Waals surface area contributed by atoms with Crippen molar-refractivity contribution < 1.29 is 18.7 Å². The number of thioether (sulfide) groups is 1. The van der Waals surface area contributed by atoms with Gasteiger partial charge in [0, 0.05) is 18.8 Å². The Kier molecular flexibility index (Phi) is 6.14. The van der Waals surface area contributed by atoms with Crippen LogP contribution in [0, 0.1) is 0 Å². The minimum Gasteiger partial charge on any atom is -0.452 e. The zero-order valence-electron chi connectivity index (χ0n) is 16.0. The molecule has 0 radical (unpaired) electrons. The van der Waals surface area contributed by atoms with E-state index in [1.165, 1.54) is 11.8 Å². The van der Waals surface area contributed by atoms with E-state index >= 15 is 0 Å². The number of benzene rings is 2. The van der Waals surface area contributed by atoms with Crippen molar-refractivity contribution in [3.8, 4) is 0 Å². The maximum absolute atomic E-state index is 12.6. The number of oxazole rings is 1. The monoisotopic (exact) mass is 410 g/mol. The van der Waals surface area contributed by atoms with E-state index in [1.807, 2.05) is 36.4 Å². The van der Waals surface area contributed by atoms with Crippen LogP contribution in [-0.4, -0.2) is 41.5 Å². The fraction of sp³-hybridized carbons (Fsp3) is 0.318. The third-order valence-corrected chi connectivity index (χ3v) is 5.78. The normalized spacial score (nSPS) is 14.1. The maximum Gasteiger partial charge on any atom is 0.338 e. The lowest BCUT2D eigenvalue weighted by atomic mass is 10.1. The van der Waals surface area contributed by atoms with Crippen molar-refractivity contribution in [2.75, 3.05) is 19.7 Å². The van der Waals surface area contributed by atoms with Crippen molar-refractivity contribution in [2.24, 2.45) is 0 Å². The lowest BCUT2D eigenvalue weighted by Gasteiger charge is -2.26. The number of nitrogens with zero attached hydrogens (tertiary/aromatic N) is 2. The Morgan fingerprint density at radius 2 is 1.79 bits per heavy atom. The van der Waals surface area contributed by atoms with E-state index in [0.29, 0.717) is 16.5 Å². The minimum absolute atomic E-state index is 0.128. The van der Waals surface area contributed by atoms with Gasteiger partial charge in [0.1, 0.15) is 5.52 Å². The molecule has 1 saturated heterocycles. The van der Waals surface area contributed by atoms with Crippen LogP contribution < -0.4 is 0 Å². The predicted octanol–water partition coefficient (Wildman–Crippen LogP) is 4.29. The highest BCUT2D eigenvalue weighted by molar-refractivity contribution is 7.98. The molecule has 6 nitrogen and oxygen atoms in total. The molecule has 0 unspecified atom stereocenters. The van der Waals surface area contributed by atoms with E-state index in [1.54, 1.807) is 17.0 Å². The Morgan fingerprint density at radius 1 is 1.03 bits per heavy atom. The molecular weight excluding hydrogens is 388 g/mol. The number of piperidine rings is 1. The Bertz CT molecular complexity index is 978. The molecule has 0 N–H and O–H groups in total. The van der Waals surface area contributed by atoms with Crippen LogP contribution in [0.3, 0.4) is 0 Å². The number of rotatable bonds is 6. The quantitative estimate of drug-likeness (QED) is 0.446. The van der Waals surface area contributed by atoms with Gasteiger partial charge in [-0.2, -0.15) is 0 Å². The minimum atomic E-state index is -0.482. The van der Waals surface area contributed by atoms with Crippen molar-refractivity contribution in [3.63, 3.8) is 0 Å². The number of carbonyl (C=O) groups excluding carboxylic acids is 2. The second kappa shape index (κ2) is 9.13. The summed E-state index contributed by atoms with van der Waals surface area (Å²) in [6.07, 6.45) is 3.17. The number of hydrogen-bond acceptors (Lipinski definition) is 6. The fourth-order valence-electron chi connectivity index (χ4n) is 3.34. The molecule has 4 rings (SSSR count). The summed E-state index contributed by atoms with van der Waals surface area (Å²) in [6.45, 7) is 1.27. The van der Waals surface area contributed by atoms with Gasteiger partial charge in [0.05, 0.1) is 5.56 Å². The molecule has 0 atom stereocenters. The number of ether oxygens (including phenoxy) is 1. The molecule has 2 aromatic carbocycles. The lowest BCUT2D eigenvalue weighted by Crippen LogP contribution is -2.38. The summed E-state index contributed by atoms with van der Waals surface area (Å²) in [5.41, 5.74) is 2.82. The molecule has 29 heavy (non-hydrogen) atoms. The van der Waals surface area contributed by atoms with E-state index in [0.717, 1.165) is 49.0 Å².